The van der Waals surface area contributed by atoms with Crippen molar-refractivity contribution in [3.8, 4) is 0 Å². The van der Waals surface area contributed by atoms with E-state index in [9.17, 15) is 14.7 Å². The first kappa shape index (κ1) is 14.0. The number of hydrogen-bond acceptors (Lipinski definition) is 6. The Morgan fingerprint density at radius 3 is 2.07 bits per heavy atom. The third-order valence-electron chi connectivity index (χ3n) is 1.91. The predicted octanol–water partition coefficient (Wildman–Crippen LogP) is -1.18. The highest BCUT2D eigenvalue weighted by atomic mass is 16.6. The highest BCUT2D eigenvalue weighted by Gasteiger charge is 2.35. The fourth-order valence-electron chi connectivity index (χ4n) is 0.646. The van der Waals surface area contributed by atoms with Gasteiger partial charge in [-0.25, -0.2) is 9.59 Å². The van der Waals surface area contributed by atoms with Crippen molar-refractivity contribution in [1.82, 2.24) is 0 Å². The van der Waals surface area contributed by atoms with E-state index in [1.807, 2.05) is 0 Å². The van der Waals surface area contributed by atoms with Gasteiger partial charge in [-0.15, -0.1) is 0 Å². The molecule has 6 heteroatoms. The third kappa shape index (κ3) is 3.94. The fraction of sp³-hybridized carbons (Fsp3) is 0.778. The molecule has 88 valence electrons. The molecule has 0 aliphatic heterocycles. The van der Waals surface area contributed by atoms with Gasteiger partial charge in [-0.2, -0.15) is 0 Å². The first-order valence-corrected chi connectivity index (χ1v) is 4.45. The van der Waals surface area contributed by atoms with Gasteiger partial charge < -0.3 is 20.1 Å². The lowest BCUT2D eigenvalue weighted by Crippen LogP contribution is -2.42. The standard InChI is InChI=1S/C9H16O6/c1-5(11)7(13)15-8(14)6(12)9(2,3)4-10/h5-6,10-12H,4H2,1-3H3/t5?,6-/m0/s1. The average Bonchev–Trinajstić information content (AvgIpc) is 2.16. The molecule has 0 saturated heterocycles. The summed E-state index contributed by atoms with van der Waals surface area (Å²) < 4.78 is 4.17. The van der Waals surface area contributed by atoms with Gasteiger partial charge in [0, 0.05) is 5.41 Å². The van der Waals surface area contributed by atoms with Gasteiger partial charge in [0.1, 0.15) is 6.10 Å². The molecule has 0 aromatic carbocycles. The van der Waals surface area contributed by atoms with Crippen molar-refractivity contribution in [2.75, 3.05) is 6.61 Å². The van der Waals surface area contributed by atoms with Crippen LogP contribution in [0.25, 0.3) is 0 Å². The molecule has 0 radical (unpaired) electrons. The zero-order valence-corrected chi connectivity index (χ0v) is 8.93. The molecule has 0 aromatic rings. The highest BCUT2D eigenvalue weighted by molar-refractivity contribution is 5.89. The maximum atomic E-state index is 11.1. The molecule has 2 atom stereocenters. The van der Waals surface area contributed by atoms with E-state index in [1.54, 1.807) is 0 Å². The summed E-state index contributed by atoms with van der Waals surface area (Å²) in [5.74, 6) is -2.31. The van der Waals surface area contributed by atoms with E-state index in [0.717, 1.165) is 6.92 Å². The lowest BCUT2D eigenvalue weighted by Gasteiger charge is -2.25. The minimum absolute atomic E-state index is 0.438. The van der Waals surface area contributed by atoms with E-state index in [1.165, 1.54) is 13.8 Å². The number of carbonyl (C=O) groups is 2. The number of aliphatic hydroxyl groups is 3. The predicted molar refractivity (Wildman–Crippen MR) is 49.7 cm³/mol. The molecule has 1 unspecified atom stereocenters. The SMILES string of the molecule is CC(O)C(=O)OC(=O)[C@H](O)C(C)(C)CO. The van der Waals surface area contributed by atoms with Crippen molar-refractivity contribution in [3.05, 3.63) is 0 Å². The minimum Gasteiger partial charge on any atom is -0.396 e. The van der Waals surface area contributed by atoms with Crippen molar-refractivity contribution in [1.29, 1.82) is 0 Å². The number of ether oxygens (including phenoxy) is 1. The van der Waals surface area contributed by atoms with Crippen LogP contribution in [-0.2, 0) is 14.3 Å². The van der Waals surface area contributed by atoms with Crippen LogP contribution in [0.1, 0.15) is 20.8 Å². The molecule has 0 fully saturated rings. The van der Waals surface area contributed by atoms with Crippen LogP contribution >= 0.6 is 0 Å². The topological polar surface area (TPSA) is 104 Å². The maximum absolute atomic E-state index is 11.1. The second-order valence-electron chi connectivity index (χ2n) is 3.97. The minimum atomic E-state index is -1.62. The van der Waals surface area contributed by atoms with Gasteiger partial charge in [0.2, 0.25) is 0 Å². The Morgan fingerprint density at radius 2 is 1.73 bits per heavy atom. The number of rotatable bonds is 4. The third-order valence-corrected chi connectivity index (χ3v) is 1.91. The molecule has 0 rings (SSSR count). The smallest absolute Gasteiger partial charge is 0.343 e. The van der Waals surface area contributed by atoms with E-state index in [0.29, 0.717) is 0 Å². The van der Waals surface area contributed by atoms with Crippen molar-refractivity contribution >= 4 is 11.9 Å². The molecule has 0 bridgehead atoms. The van der Waals surface area contributed by atoms with Crippen molar-refractivity contribution in [3.63, 3.8) is 0 Å². The van der Waals surface area contributed by atoms with E-state index < -0.39 is 36.2 Å². The van der Waals surface area contributed by atoms with E-state index in [-0.39, 0.29) is 0 Å². The van der Waals surface area contributed by atoms with Crippen LogP contribution in [0, 0.1) is 5.41 Å². The molecule has 0 aliphatic carbocycles. The Balaban J connectivity index is 4.41. The van der Waals surface area contributed by atoms with E-state index in [4.69, 9.17) is 10.2 Å². The lowest BCUT2D eigenvalue weighted by atomic mass is 9.88. The molecule has 0 aromatic heterocycles. The van der Waals surface area contributed by atoms with Gasteiger partial charge in [0.25, 0.3) is 0 Å². The van der Waals surface area contributed by atoms with Crippen LogP contribution in [0.3, 0.4) is 0 Å². The summed E-state index contributed by atoms with van der Waals surface area (Å²) in [5, 5.41) is 27.0. The molecular weight excluding hydrogens is 204 g/mol. The van der Waals surface area contributed by atoms with E-state index >= 15 is 0 Å². The summed E-state index contributed by atoms with van der Waals surface area (Å²) in [6.07, 6.45) is -3.05. The van der Waals surface area contributed by atoms with Gasteiger partial charge >= 0.3 is 11.9 Å². The quantitative estimate of drug-likeness (QED) is 0.407. The molecule has 0 aliphatic rings. The second-order valence-corrected chi connectivity index (χ2v) is 3.97. The maximum Gasteiger partial charge on any atom is 0.343 e. The summed E-state index contributed by atoms with van der Waals surface area (Å²) in [6.45, 7) is 3.57. The normalized spacial score (nSPS) is 15.6. The van der Waals surface area contributed by atoms with Gasteiger partial charge in [-0.3, -0.25) is 0 Å². The Bertz CT molecular complexity index is 245. The average molecular weight is 220 g/mol. The molecule has 6 nitrogen and oxygen atoms in total. The largest absolute Gasteiger partial charge is 0.396 e. The second kappa shape index (κ2) is 5.20. The molecule has 15 heavy (non-hydrogen) atoms. The number of esters is 2. The first-order valence-electron chi connectivity index (χ1n) is 4.45. The monoisotopic (exact) mass is 220 g/mol. The van der Waals surface area contributed by atoms with Crippen LogP contribution in [0.5, 0.6) is 0 Å². The highest BCUT2D eigenvalue weighted by Crippen LogP contribution is 2.20. The fourth-order valence-corrected chi connectivity index (χ4v) is 0.646. The number of aliphatic hydroxyl groups excluding tert-OH is 3. The van der Waals surface area contributed by atoms with Crippen LogP contribution in [0.4, 0.5) is 0 Å². The lowest BCUT2D eigenvalue weighted by molar-refractivity contribution is -0.175. The van der Waals surface area contributed by atoms with Gasteiger partial charge in [-0.1, -0.05) is 13.8 Å². The van der Waals surface area contributed by atoms with Crippen molar-refractivity contribution in [2.24, 2.45) is 5.41 Å². The molecule has 0 spiro atoms. The Kier molecular flexibility index (Phi) is 4.86. The number of carbonyl (C=O) groups excluding carboxylic acids is 2. The number of hydrogen-bond donors (Lipinski definition) is 3. The summed E-state index contributed by atoms with van der Waals surface area (Å²) in [4.78, 5) is 22.0. The zero-order chi connectivity index (χ0) is 12.2. The van der Waals surface area contributed by atoms with Crippen molar-refractivity contribution < 1.29 is 29.6 Å². The van der Waals surface area contributed by atoms with Crippen LogP contribution in [0.2, 0.25) is 0 Å². The summed E-state index contributed by atoms with van der Waals surface area (Å²) in [7, 11) is 0. The molecule has 0 amide bonds. The van der Waals surface area contributed by atoms with Gasteiger partial charge in [0.05, 0.1) is 6.61 Å². The molecular formula is C9H16O6. The van der Waals surface area contributed by atoms with Crippen molar-refractivity contribution in [2.45, 2.75) is 33.0 Å². The summed E-state index contributed by atoms with van der Waals surface area (Å²) in [5.41, 5.74) is -1.10. The Labute approximate surface area is 87.5 Å². The molecule has 0 heterocycles. The summed E-state index contributed by atoms with van der Waals surface area (Å²) >= 11 is 0. The van der Waals surface area contributed by atoms with Crippen LogP contribution in [0.15, 0.2) is 0 Å². The van der Waals surface area contributed by atoms with Crippen LogP contribution in [-0.4, -0.2) is 46.1 Å². The molecule has 3 N–H and O–H groups in total. The zero-order valence-electron chi connectivity index (χ0n) is 8.93. The Hall–Kier alpha value is -0.980. The first-order chi connectivity index (χ1) is 6.72. The van der Waals surface area contributed by atoms with Gasteiger partial charge in [-0.05, 0) is 6.92 Å². The van der Waals surface area contributed by atoms with E-state index in [2.05, 4.69) is 4.74 Å². The molecule has 0 saturated carbocycles. The van der Waals surface area contributed by atoms with Crippen LogP contribution < -0.4 is 0 Å². The Morgan fingerprint density at radius 1 is 1.27 bits per heavy atom. The van der Waals surface area contributed by atoms with Gasteiger partial charge in [0.15, 0.2) is 6.10 Å². The summed E-state index contributed by atoms with van der Waals surface area (Å²) in [6, 6.07) is 0.